The first-order valence-electron chi connectivity index (χ1n) is 6.38. The van der Waals surface area contributed by atoms with Crippen LogP contribution < -0.4 is 14.8 Å². The Kier molecular flexibility index (Phi) is 5.01. The van der Waals surface area contributed by atoms with Crippen LogP contribution in [0.4, 0.5) is 11.5 Å². The first kappa shape index (κ1) is 14.4. The molecular formula is C14H16ClN3O2. The Hall–Kier alpha value is -2.01. The minimum absolute atomic E-state index is 0.351. The van der Waals surface area contributed by atoms with Crippen LogP contribution in [-0.4, -0.2) is 23.4 Å². The Labute approximate surface area is 122 Å². The van der Waals surface area contributed by atoms with E-state index in [0.717, 1.165) is 17.2 Å². The highest BCUT2D eigenvalue weighted by molar-refractivity contribution is 6.29. The molecule has 0 aliphatic carbocycles. The van der Waals surface area contributed by atoms with Crippen molar-refractivity contribution in [3.63, 3.8) is 0 Å². The lowest BCUT2D eigenvalue weighted by Crippen LogP contribution is -2.01. The predicted molar refractivity (Wildman–Crippen MR) is 79.1 cm³/mol. The Morgan fingerprint density at radius 1 is 1.05 bits per heavy atom. The highest BCUT2D eigenvalue weighted by atomic mass is 35.5. The van der Waals surface area contributed by atoms with Gasteiger partial charge in [-0.2, -0.15) is 0 Å². The number of aromatic nitrogens is 2. The molecule has 0 fully saturated rings. The highest BCUT2D eigenvalue weighted by Gasteiger charge is 2.07. The van der Waals surface area contributed by atoms with Crippen molar-refractivity contribution in [1.29, 1.82) is 0 Å². The maximum atomic E-state index is 5.72. The monoisotopic (exact) mass is 293 g/mol. The number of anilines is 2. The quantitative estimate of drug-likeness (QED) is 0.880. The number of ether oxygens (including phenoxy) is 2. The molecule has 106 valence electrons. The van der Waals surface area contributed by atoms with Crippen LogP contribution in [0.1, 0.15) is 13.8 Å². The molecule has 0 aliphatic heterocycles. The zero-order valence-electron chi connectivity index (χ0n) is 11.4. The first-order chi connectivity index (χ1) is 9.72. The zero-order chi connectivity index (χ0) is 14.4. The third-order valence-corrected chi connectivity index (χ3v) is 2.66. The van der Waals surface area contributed by atoms with E-state index in [0.29, 0.717) is 24.2 Å². The summed E-state index contributed by atoms with van der Waals surface area (Å²) in [5.41, 5.74) is 0.773. The average Bonchev–Trinajstić information content (AvgIpc) is 2.45. The van der Waals surface area contributed by atoms with Crippen molar-refractivity contribution in [3.8, 4) is 11.5 Å². The standard InChI is InChI=1S/C14H16ClN3O2/c1-3-19-10-5-6-12(20-4-2)11(9-10)16-14-8-7-13(15)17-18-14/h5-9H,3-4H2,1-2H3,(H,16,18). The van der Waals surface area contributed by atoms with E-state index in [1.54, 1.807) is 12.1 Å². The second-order valence-electron chi connectivity index (χ2n) is 3.89. The molecule has 0 saturated heterocycles. The molecule has 0 amide bonds. The van der Waals surface area contributed by atoms with Crippen LogP contribution in [0.2, 0.25) is 5.15 Å². The minimum atomic E-state index is 0.351. The van der Waals surface area contributed by atoms with Crippen molar-refractivity contribution < 1.29 is 9.47 Å². The molecule has 0 atom stereocenters. The van der Waals surface area contributed by atoms with E-state index in [-0.39, 0.29) is 0 Å². The van der Waals surface area contributed by atoms with Crippen LogP contribution in [0.15, 0.2) is 30.3 Å². The van der Waals surface area contributed by atoms with E-state index >= 15 is 0 Å². The van der Waals surface area contributed by atoms with Crippen molar-refractivity contribution in [2.24, 2.45) is 0 Å². The van der Waals surface area contributed by atoms with Gasteiger partial charge < -0.3 is 14.8 Å². The molecule has 0 unspecified atom stereocenters. The molecule has 1 N–H and O–H groups in total. The Balaban J connectivity index is 2.26. The number of hydrogen-bond donors (Lipinski definition) is 1. The van der Waals surface area contributed by atoms with E-state index in [2.05, 4.69) is 15.5 Å². The van der Waals surface area contributed by atoms with Gasteiger partial charge in [0.1, 0.15) is 11.5 Å². The summed E-state index contributed by atoms with van der Waals surface area (Å²) in [7, 11) is 0. The second kappa shape index (κ2) is 6.96. The van der Waals surface area contributed by atoms with Crippen LogP contribution >= 0.6 is 11.6 Å². The number of nitrogens with zero attached hydrogens (tertiary/aromatic N) is 2. The smallest absolute Gasteiger partial charge is 0.153 e. The van der Waals surface area contributed by atoms with Crippen LogP contribution in [-0.2, 0) is 0 Å². The van der Waals surface area contributed by atoms with Gasteiger partial charge in [-0.05, 0) is 38.1 Å². The van der Waals surface area contributed by atoms with Crippen molar-refractivity contribution in [1.82, 2.24) is 10.2 Å². The van der Waals surface area contributed by atoms with Gasteiger partial charge in [0, 0.05) is 6.07 Å². The average molecular weight is 294 g/mol. The lowest BCUT2D eigenvalue weighted by molar-refractivity contribution is 0.332. The Morgan fingerprint density at radius 2 is 1.85 bits per heavy atom. The molecule has 0 radical (unpaired) electrons. The van der Waals surface area contributed by atoms with Gasteiger partial charge in [-0.1, -0.05) is 11.6 Å². The predicted octanol–water partition coefficient (Wildman–Crippen LogP) is 3.67. The van der Waals surface area contributed by atoms with Gasteiger partial charge in [0.25, 0.3) is 0 Å². The van der Waals surface area contributed by atoms with E-state index < -0.39 is 0 Å². The normalized spacial score (nSPS) is 10.2. The summed E-state index contributed by atoms with van der Waals surface area (Å²) in [6.45, 7) is 5.06. The molecule has 1 heterocycles. The summed E-state index contributed by atoms with van der Waals surface area (Å²) < 4.78 is 11.1. The summed E-state index contributed by atoms with van der Waals surface area (Å²) in [6.07, 6.45) is 0. The molecule has 0 bridgehead atoms. The SMILES string of the molecule is CCOc1ccc(OCC)c(Nc2ccc(Cl)nn2)c1. The van der Waals surface area contributed by atoms with Gasteiger partial charge in [-0.25, -0.2) is 0 Å². The van der Waals surface area contributed by atoms with Gasteiger partial charge in [-0.15, -0.1) is 10.2 Å². The molecule has 2 aromatic rings. The summed E-state index contributed by atoms with van der Waals surface area (Å²) in [5.74, 6) is 2.08. The maximum Gasteiger partial charge on any atom is 0.153 e. The molecule has 6 heteroatoms. The molecule has 1 aromatic heterocycles. The molecule has 2 rings (SSSR count). The number of halogens is 1. The maximum absolute atomic E-state index is 5.72. The highest BCUT2D eigenvalue weighted by Crippen LogP contribution is 2.31. The molecule has 0 aliphatic rings. The van der Waals surface area contributed by atoms with Crippen molar-refractivity contribution in [3.05, 3.63) is 35.5 Å². The van der Waals surface area contributed by atoms with Gasteiger partial charge in [0.05, 0.1) is 18.9 Å². The third-order valence-electron chi connectivity index (χ3n) is 2.46. The van der Waals surface area contributed by atoms with Gasteiger partial charge >= 0.3 is 0 Å². The van der Waals surface area contributed by atoms with Crippen LogP contribution in [0, 0.1) is 0 Å². The van der Waals surface area contributed by atoms with Crippen LogP contribution in [0.5, 0.6) is 11.5 Å². The van der Waals surface area contributed by atoms with Crippen molar-refractivity contribution in [2.75, 3.05) is 18.5 Å². The largest absolute Gasteiger partial charge is 0.494 e. The third kappa shape index (κ3) is 3.74. The van der Waals surface area contributed by atoms with E-state index in [1.807, 2.05) is 32.0 Å². The molecular weight excluding hydrogens is 278 g/mol. The number of nitrogens with one attached hydrogen (secondary N) is 1. The van der Waals surface area contributed by atoms with E-state index in [4.69, 9.17) is 21.1 Å². The number of hydrogen-bond acceptors (Lipinski definition) is 5. The lowest BCUT2D eigenvalue weighted by Gasteiger charge is -2.13. The molecule has 1 aromatic carbocycles. The summed E-state index contributed by atoms with van der Waals surface area (Å²) >= 11 is 5.72. The Morgan fingerprint density at radius 3 is 2.50 bits per heavy atom. The summed E-state index contributed by atoms with van der Waals surface area (Å²) in [6, 6.07) is 9.01. The van der Waals surface area contributed by atoms with E-state index in [9.17, 15) is 0 Å². The van der Waals surface area contributed by atoms with Crippen LogP contribution in [0.3, 0.4) is 0 Å². The van der Waals surface area contributed by atoms with Crippen molar-refractivity contribution >= 4 is 23.1 Å². The van der Waals surface area contributed by atoms with E-state index in [1.165, 1.54) is 0 Å². The fourth-order valence-electron chi connectivity index (χ4n) is 1.67. The second-order valence-corrected chi connectivity index (χ2v) is 4.28. The number of benzene rings is 1. The van der Waals surface area contributed by atoms with Crippen LogP contribution in [0.25, 0.3) is 0 Å². The molecule has 20 heavy (non-hydrogen) atoms. The fourth-order valence-corrected chi connectivity index (χ4v) is 1.77. The number of rotatable bonds is 6. The van der Waals surface area contributed by atoms with Gasteiger partial charge in [0.2, 0.25) is 0 Å². The minimum Gasteiger partial charge on any atom is -0.494 e. The molecule has 5 nitrogen and oxygen atoms in total. The topological polar surface area (TPSA) is 56.3 Å². The Bertz CT molecular complexity index is 561. The fraction of sp³-hybridized carbons (Fsp3) is 0.286. The lowest BCUT2D eigenvalue weighted by atomic mass is 10.2. The summed E-state index contributed by atoms with van der Waals surface area (Å²) in [4.78, 5) is 0. The molecule has 0 saturated carbocycles. The van der Waals surface area contributed by atoms with Crippen molar-refractivity contribution in [2.45, 2.75) is 13.8 Å². The van der Waals surface area contributed by atoms with Gasteiger partial charge in [-0.3, -0.25) is 0 Å². The molecule has 0 spiro atoms. The first-order valence-corrected chi connectivity index (χ1v) is 6.76. The van der Waals surface area contributed by atoms with Gasteiger partial charge in [0.15, 0.2) is 11.0 Å². The summed E-state index contributed by atoms with van der Waals surface area (Å²) in [5, 5.41) is 11.2. The zero-order valence-corrected chi connectivity index (χ0v) is 12.1.